The van der Waals surface area contributed by atoms with Crippen molar-refractivity contribution < 1.29 is 8.42 Å². The third kappa shape index (κ3) is 3.37. The van der Waals surface area contributed by atoms with Gasteiger partial charge in [0.15, 0.2) is 9.84 Å². The van der Waals surface area contributed by atoms with E-state index in [9.17, 15) is 8.42 Å². The SMILES string of the molecule is CC1CN(c2ccccc2S(C)(=O)=O)CCN1.Cl. The highest BCUT2D eigenvalue weighted by Gasteiger charge is 2.21. The van der Waals surface area contributed by atoms with Crippen molar-refractivity contribution in [2.24, 2.45) is 0 Å². The number of benzene rings is 1. The fourth-order valence-corrected chi connectivity index (χ4v) is 3.09. The predicted octanol–water partition coefficient (Wildman–Crippen LogP) is 1.31. The van der Waals surface area contributed by atoms with E-state index in [1.54, 1.807) is 12.1 Å². The number of piperazine rings is 1. The zero-order valence-electron chi connectivity index (χ0n) is 10.6. The van der Waals surface area contributed by atoms with Gasteiger partial charge in [-0.2, -0.15) is 0 Å². The molecule has 1 N–H and O–H groups in total. The van der Waals surface area contributed by atoms with Gasteiger partial charge in [0.1, 0.15) is 0 Å². The van der Waals surface area contributed by atoms with Gasteiger partial charge in [-0.25, -0.2) is 8.42 Å². The molecule has 2 rings (SSSR count). The van der Waals surface area contributed by atoms with Gasteiger partial charge in [0.2, 0.25) is 0 Å². The minimum absolute atomic E-state index is 0. The van der Waals surface area contributed by atoms with Gasteiger partial charge < -0.3 is 10.2 Å². The van der Waals surface area contributed by atoms with E-state index >= 15 is 0 Å². The fourth-order valence-electron chi connectivity index (χ4n) is 2.18. The molecule has 0 radical (unpaired) electrons. The fraction of sp³-hybridized carbons (Fsp3) is 0.500. The summed E-state index contributed by atoms with van der Waals surface area (Å²) in [7, 11) is -3.16. The Balaban J connectivity index is 0.00000162. The molecule has 102 valence electrons. The van der Waals surface area contributed by atoms with Crippen LogP contribution in [0.4, 0.5) is 5.69 Å². The van der Waals surface area contributed by atoms with E-state index in [1.165, 1.54) is 6.26 Å². The smallest absolute Gasteiger partial charge is 0.177 e. The summed E-state index contributed by atoms with van der Waals surface area (Å²) in [5, 5.41) is 3.35. The Hall–Kier alpha value is -0.780. The number of anilines is 1. The van der Waals surface area contributed by atoms with E-state index in [0.717, 1.165) is 25.3 Å². The number of hydrogen-bond acceptors (Lipinski definition) is 4. The predicted molar refractivity (Wildman–Crippen MR) is 76.5 cm³/mol. The van der Waals surface area contributed by atoms with Crippen molar-refractivity contribution >= 4 is 27.9 Å². The Kier molecular flexibility index (Phi) is 5.01. The van der Waals surface area contributed by atoms with E-state index in [2.05, 4.69) is 17.1 Å². The first-order chi connectivity index (χ1) is 7.98. The van der Waals surface area contributed by atoms with Crippen LogP contribution in [0.3, 0.4) is 0 Å². The first-order valence-electron chi connectivity index (χ1n) is 5.76. The summed E-state index contributed by atoms with van der Waals surface area (Å²) in [6.07, 6.45) is 1.26. The number of hydrogen-bond donors (Lipinski definition) is 1. The van der Waals surface area contributed by atoms with Crippen LogP contribution in [-0.2, 0) is 9.84 Å². The van der Waals surface area contributed by atoms with Crippen LogP contribution >= 0.6 is 12.4 Å². The van der Waals surface area contributed by atoms with Crippen LogP contribution in [0.2, 0.25) is 0 Å². The van der Waals surface area contributed by atoms with Crippen molar-refractivity contribution in [3.8, 4) is 0 Å². The molecular weight excluding hydrogens is 272 g/mol. The molecule has 1 fully saturated rings. The molecule has 1 aromatic rings. The summed E-state index contributed by atoms with van der Waals surface area (Å²) in [5.74, 6) is 0. The van der Waals surface area contributed by atoms with E-state index in [0.29, 0.717) is 10.9 Å². The van der Waals surface area contributed by atoms with Crippen molar-refractivity contribution in [3.63, 3.8) is 0 Å². The number of sulfone groups is 1. The molecule has 1 aliphatic rings. The lowest BCUT2D eigenvalue weighted by Gasteiger charge is -2.34. The first-order valence-corrected chi connectivity index (χ1v) is 7.65. The molecule has 4 nitrogen and oxygen atoms in total. The van der Waals surface area contributed by atoms with Crippen LogP contribution in [0.25, 0.3) is 0 Å². The van der Waals surface area contributed by atoms with E-state index in [1.807, 2.05) is 12.1 Å². The highest BCUT2D eigenvalue weighted by Crippen LogP contribution is 2.25. The van der Waals surface area contributed by atoms with Gasteiger partial charge in [-0.3, -0.25) is 0 Å². The minimum Gasteiger partial charge on any atom is -0.368 e. The third-order valence-electron chi connectivity index (χ3n) is 2.97. The lowest BCUT2D eigenvalue weighted by molar-refractivity contribution is 0.483. The lowest BCUT2D eigenvalue weighted by Crippen LogP contribution is -2.49. The van der Waals surface area contributed by atoms with Gasteiger partial charge in [0.25, 0.3) is 0 Å². The molecule has 1 aromatic carbocycles. The van der Waals surface area contributed by atoms with Crippen molar-refractivity contribution in [2.45, 2.75) is 17.9 Å². The average Bonchev–Trinajstić information content (AvgIpc) is 2.28. The van der Waals surface area contributed by atoms with E-state index < -0.39 is 9.84 Å². The highest BCUT2D eigenvalue weighted by atomic mass is 35.5. The summed E-state index contributed by atoms with van der Waals surface area (Å²) < 4.78 is 23.5. The normalized spacial score (nSPS) is 20.3. The maximum Gasteiger partial charge on any atom is 0.177 e. The molecule has 0 saturated carbocycles. The van der Waals surface area contributed by atoms with Gasteiger partial charge in [0.05, 0.1) is 10.6 Å². The largest absolute Gasteiger partial charge is 0.368 e. The first kappa shape index (κ1) is 15.3. The summed E-state index contributed by atoms with van der Waals surface area (Å²) in [4.78, 5) is 2.56. The van der Waals surface area contributed by atoms with Gasteiger partial charge in [-0.05, 0) is 19.1 Å². The molecule has 18 heavy (non-hydrogen) atoms. The summed E-state index contributed by atoms with van der Waals surface area (Å²) >= 11 is 0. The summed E-state index contributed by atoms with van der Waals surface area (Å²) in [6, 6.07) is 7.60. The van der Waals surface area contributed by atoms with E-state index in [-0.39, 0.29) is 12.4 Å². The number of halogens is 1. The highest BCUT2D eigenvalue weighted by molar-refractivity contribution is 7.90. The number of nitrogens with one attached hydrogen (secondary N) is 1. The van der Waals surface area contributed by atoms with Gasteiger partial charge >= 0.3 is 0 Å². The van der Waals surface area contributed by atoms with Crippen LogP contribution in [0, 0.1) is 0 Å². The minimum atomic E-state index is -3.16. The van der Waals surface area contributed by atoms with Crippen LogP contribution in [0.1, 0.15) is 6.92 Å². The standard InChI is InChI=1S/C12H18N2O2S.ClH/c1-10-9-14(8-7-13-10)11-5-3-4-6-12(11)17(2,15)16;/h3-6,10,13H,7-9H2,1-2H3;1H. The maximum atomic E-state index is 11.7. The number of nitrogens with zero attached hydrogens (tertiary/aromatic N) is 1. The van der Waals surface area contributed by atoms with Crippen molar-refractivity contribution in [3.05, 3.63) is 24.3 Å². The second kappa shape index (κ2) is 5.91. The van der Waals surface area contributed by atoms with Crippen LogP contribution < -0.4 is 10.2 Å². The molecule has 6 heteroatoms. The summed E-state index contributed by atoms with van der Waals surface area (Å²) in [6.45, 7) is 4.68. The molecule has 1 unspecified atom stereocenters. The molecule has 0 amide bonds. The zero-order chi connectivity index (χ0) is 12.5. The van der Waals surface area contributed by atoms with E-state index in [4.69, 9.17) is 0 Å². The monoisotopic (exact) mass is 290 g/mol. The summed E-state index contributed by atoms with van der Waals surface area (Å²) in [5.41, 5.74) is 0.823. The second-order valence-corrected chi connectivity index (χ2v) is 6.53. The van der Waals surface area contributed by atoms with Crippen molar-refractivity contribution in [1.82, 2.24) is 5.32 Å². The quantitative estimate of drug-likeness (QED) is 0.892. The Morgan fingerprint density at radius 1 is 1.33 bits per heavy atom. The molecule has 0 bridgehead atoms. The van der Waals surface area contributed by atoms with Crippen LogP contribution in [0.15, 0.2) is 29.2 Å². The van der Waals surface area contributed by atoms with Crippen LogP contribution in [-0.4, -0.2) is 40.3 Å². The van der Waals surface area contributed by atoms with Gasteiger partial charge in [0, 0.05) is 31.9 Å². The number of rotatable bonds is 2. The lowest BCUT2D eigenvalue weighted by atomic mass is 10.2. The molecule has 1 heterocycles. The molecule has 1 aliphatic heterocycles. The average molecular weight is 291 g/mol. The topological polar surface area (TPSA) is 49.4 Å². The second-order valence-electron chi connectivity index (χ2n) is 4.54. The maximum absolute atomic E-state index is 11.7. The molecular formula is C12H19ClN2O2S. The van der Waals surface area contributed by atoms with Gasteiger partial charge in [-0.15, -0.1) is 12.4 Å². The Morgan fingerprint density at radius 3 is 2.61 bits per heavy atom. The van der Waals surface area contributed by atoms with Crippen molar-refractivity contribution in [1.29, 1.82) is 0 Å². The zero-order valence-corrected chi connectivity index (χ0v) is 12.2. The molecule has 0 aliphatic carbocycles. The molecule has 0 spiro atoms. The Morgan fingerprint density at radius 2 is 2.00 bits per heavy atom. The van der Waals surface area contributed by atoms with Crippen molar-refractivity contribution in [2.75, 3.05) is 30.8 Å². The Bertz CT molecular complexity index is 505. The molecule has 1 atom stereocenters. The molecule has 1 saturated heterocycles. The number of para-hydroxylation sites is 1. The third-order valence-corrected chi connectivity index (χ3v) is 4.12. The van der Waals surface area contributed by atoms with Gasteiger partial charge in [-0.1, -0.05) is 12.1 Å². The van der Waals surface area contributed by atoms with Crippen LogP contribution in [0.5, 0.6) is 0 Å². The Labute approximate surface area is 115 Å². The molecule has 0 aromatic heterocycles.